The summed E-state index contributed by atoms with van der Waals surface area (Å²) < 4.78 is 19.0. The number of ether oxygens (including phenoxy) is 2. The number of rotatable bonds is 8. The van der Waals surface area contributed by atoms with Gasteiger partial charge in [-0.15, -0.1) is 0 Å². The maximum atomic E-state index is 13.3. The first-order valence-corrected chi connectivity index (χ1v) is 12.5. The monoisotopic (exact) mass is 477 g/mol. The first-order chi connectivity index (χ1) is 16.6. The molecule has 5 rings (SSSR count). The van der Waals surface area contributed by atoms with Crippen LogP contribution in [0.3, 0.4) is 0 Å². The number of fused-ring (bicyclic) bond motifs is 1. The number of aromatic nitrogens is 3. The van der Waals surface area contributed by atoms with E-state index in [0.29, 0.717) is 40.9 Å². The standard InChI is InChI=1S/C26H27N3O4S/c1-3-31-19-12-10-18(11-13-19)24-27-23(17(2)33-24)16-34-26-28-22-9-5-4-8-21(22)25(30)29(26)15-20-7-6-14-32-20/h4-5,8-13,20H,3,6-7,14-16H2,1-2H3. The van der Waals surface area contributed by atoms with Crippen molar-refractivity contribution in [2.24, 2.45) is 0 Å². The molecule has 0 amide bonds. The van der Waals surface area contributed by atoms with Gasteiger partial charge in [-0.25, -0.2) is 9.97 Å². The Morgan fingerprint density at radius 2 is 1.97 bits per heavy atom. The van der Waals surface area contributed by atoms with Crippen LogP contribution in [0.15, 0.2) is 62.9 Å². The molecule has 1 aliphatic heterocycles. The Kier molecular flexibility index (Phi) is 6.69. The van der Waals surface area contributed by atoms with E-state index in [1.165, 1.54) is 11.8 Å². The van der Waals surface area contributed by atoms with Gasteiger partial charge in [-0.05, 0) is 63.1 Å². The minimum absolute atomic E-state index is 0.0319. The van der Waals surface area contributed by atoms with E-state index in [1.54, 1.807) is 4.57 Å². The van der Waals surface area contributed by atoms with Crippen molar-refractivity contribution in [1.82, 2.24) is 14.5 Å². The Morgan fingerprint density at radius 1 is 1.15 bits per heavy atom. The van der Waals surface area contributed by atoms with Crippen molar-refractivity contribution in [3.05, 3.63) is 70.3 Å². The maximum Gasteiger partial charge on any atom is 0.262 e. The molecule has 1 aliphatic rings. The van der Waals surface area contributed by atoms with E-state index in [0.717, 1.165) is 42.2 Å². The molecule has 3 heterocycles. The van der Waals surface area contributed by atoms with Crippen LogP contribution in [-0.2, 0) is 17.0 Å². The number of thioether (sulfide) groups is 1. The summed E-state index contributed by atoms with van der Waals surface area (Å²) in [6, 6.07) is 15.2. The predicted molar refractivity (Wildman–Crippen MR) is 132 cm³/mol. The molecule has 7 nitrogen and oxygen atoms in total. The molecule has 2 aromatic heterocycles. The van der Waals surface area contributed by atoms with Gasteiger partial charge in [0.2, 0.25) is 5.89 Å². The second-order valence-corrected chi connectivity index (χ2v) is 9.17. The predicted octanol–water partition coefficient (Wildman–Crippen LogP) is 5.23. The van der Waals surface area contributed by atoms with Crippen LogP contribution < -0.4 is 10.3 Å². The third-order valence-corrected chi connectivity index (χ3v) is 6.87. The van der Waals surface area contributed by atoms with Crippen molar-refractivity contribution in [3.8, 4) is 17.2 Å². The highest BCUT2D eigenvalue weighted by atomic mass is 32.2. The molecular weight excluding hydrogens is 450 g/mol. The summed E-state index contributed by atoms with van der Waals surface area (Å²) >= 11 is 1.50. The minimum Gasteiger partial charge on any atom is -0.494 e. The second-order valence-electron chi connectivity index (χ2n) is 8.23. The summed E-state index contributed by atoms with van der Waals surface area (Å²) in [4.78, 5) is 22.8. The molecule has 176 valence electrons. The van der Waals surface area contributed by atoms with Gasteiger partial charge in [0.15, 0.2) is 5.16 Å². The van der Waals surface area contributed by atoms with Crippen LogP contribution in [0.25, 0.3) is 22.4 Å². The van der Waals surface area contributed by atoms with Crippen LogP contribution in [-0.4, -0.2) is 33.9 Å². The zero-order valence-electron chi connectivity index (χ0n) is 19.3. The van der Waals surface area contributed by atoms with Crippen molar-refractivity contribution in [1.29, 1.82) is 0 Å². The summed E-state index contributed by atoms with van der Waals surface area (Å²) in [7, 11) is 0. The lowest BCUT2D eigenvalue weighted by atomic mass is 10.2. The Labute approximate surface area is 202 Å². The van der Waals surface area contributed by atoms with Crippen LogP contribution in [0.1, 0.15) is 31.2 Å². The van der Waals surface area contributed by atoms with Gasteiger partial charge in [-0.1, -0.05) is 23.9 Å². The molecule has 1 atom stereocenters. The topological polar surface area (TPSA) is 79.4 Å². The summed E-state index contributed by atoms with van der Waals surface area (Å²) in [6.07, 6.45) is 2.02. The molecule has 34 heavy (non-hydrogen) atoms. The number of nitrogens with zero attached hydrogens (tertiary/aromatic N) is 3. The van der Waals surface area contributed by atoms with Crippen molar-refractivity contribution < 1.29 is 13.9 Å². The summed E-state index contributed by atoms with van der Waals surface area (Å²) in [5.74, 6) is 2.68. The lowest BCUT2D eigenvalue weighted by Crippen LogP contribution is -2.28. The number of hydrogen-bond donors (Lipinski definition) is 0. The van der Waals surface area contributed by atoms with Crippen LogP contribution in [0.2, 0.25) is 0 Å². The molecule has 0 aliphatic carbocycles. The Hall–Kier alpha value is -3.10. The van der Waals surface area contributed by atoms with Gasteiger partial charge in [0, 0.05) is 17.9 Å². The number of benzene rings is 2. The molecule has 0 N–H and O–H groups in total. The van der Waals surface area contributed by atoms with E-state index in [1.807, 2.05) is 62.4 Å². The van der Waals surface area contributed by atoms with Gasteiger partial charge >= 0.3 is 0 Å². The average Bonchev–Trinajstić information content (AvgIpc) is 3.50. The fraction of sp³-hybridized carbons (Fsp3) is 0.346. The first kappa shape index (κ1) is 22.7. The number of hydrogen-bond acceptors (Lipinski definition) is 7. The van der Waals surface area contributed by atoms with Crippen LogP contribution in [0, 0.1) is 6.92 Å². The van der Waals surface area contributed by atoms with Gasteiger partial charge in [0.1, 0.15) is 11.5 Å². The van der Waals surface area contributed by atoms with E-state index in [-0.39, 0.29) is 11.7 Å². The van der Waals surface area contributed by atoms with E-state index in [4.69, 9.17) is 23.9 Å². The first-order valence-electron chi connectivity index (χ1n) is 11.6. The van der Waals surface area contributed by atoms with Crippen LogP contribution in [0.5, 0.6) is 5.75 Å². The third kappa shape index (κ3) is 4.74. The highest BCUT2D eigenvalue weighted by Crippen LogP contribution is 2.29. The van der Waals surface area contributed by atoms with Crippen LogP contribution in [0.4, 0.5) is 0 Å². The van der Waals surface area contributed by atoms with Crippen molar-refractivity contribution >= 4 is 22.7 Å². The van der Waals surface area contributed by atoms with Gasteiger partial charge in [0.25, 0.3) is 5.56 Å². The highest BCUT2D eigenvalue weighted by Gasteiger charge is 2.21. The SMILES string of the molecule is CCOc1ccc(-c2nc(CSc3nc4ccccc4c(=O)n3CC3CCCO3)c(C)o2)cc1. The van der Waals surface area contributed by atoms with Gasteiger partial charge in [0.05, 0.1) is 35.9 Å². The molecule has 1 unspecified atom stereocenters. The molecule has 0 saturated carbocycles. The maximum absolute atomic E-state index is 13.3. The molecule has 0 radical (unpaired) electrons. The van der Waals surface area contributed by atoms with Crippen LogP contribution >= 0.6 is 11.8 Å². The van der Waals surface area contributed by atoms with Gasteiger partial charge < -0.3 is 13.9 Å². The van der Waals surface area contributed by atoms with E-state index < -0.39 is 0 Å². The molecular formula is C26H27N3O4S. The summed E-state index contributed by atoms with van der Waals surface area (Å²) in [6.45, 7) is 5.75. The minimum atomic E-state index is -0.0319. The molecule has 1 fully saturated rings. The summed E-state index contributed by atoms with van der Waals surface area (Å²) in [5, 5.41) is 1.30. The number of para-hydroxylation sites is 1. The number of oxazole rings is 1. The van der Waals surface area contributed by atoms with E-state index in [2.05, 4.69) is 0 Å². The summed E-state index contributed by atoms with van der Waals surface area (Å²) in [5.41, 5.74) is 2.39. The Bertz CT molecular complexity index is 1340. The molecule has 1 saturated heterocycles. The molecule has 4 aromatic rings. The van der Waals surface area contributed by atoms with Gasteiger partial charge in [-0.3, -0.25) is 9.36 Å². The quantitative estimate of drug-likeness (QED) is 0.254. The lowest BCUT2D eigenvalue weighted by molar-refractivity contribution is 0.0937. The fourth-order valence-corrected chi connectivity index (χ4v) is 5.10. The number of aryl methyl sites for hydroxylation is 1. The molecule has 0 bridgehead atoms. The van der Waals surface area contributed by atoms with Crippen molar-refractivity contribution in [2.45, 2.75) is 50.2 Å². The zero-order valence-corrected chi connectivity index (χ0v) is 20.1. The zero-order chi connectivity index (χ0) is 23.5. The normalized spacial score (nSPS) is 15.8. The fourth-order valence-electron chi connectivity index (χ4n) is 4.09. The van der Waals surface area contributed by atoms with E-state index >= 15 is 0 Å². The molecule has 8 heteroatoms. The Balaban J connectivity index is 1.40. The van der Waals surface area contributed by atoms with Gasteiger partial charge in [-0.2, -0.15) is 0 Å². The highest BCUT2D eigenvalue weighted by molar-refractivity contribution is 7.98. The lowest BCUT2D eigenvalue weighted by Gasteiger charge is -2.16. The van der Waals surface area contributed by atoms with E-state index in [9.17, 15) is 4.79 Å². The van der Waals surface area contributed by atoms with Crippen molar-refractivity contribution in [2.75, 3.05) is 13.2 Å². The smallest absolute Gasteiger partial charge is 0.262 e. The van der Waals surface area contributed by atoms with Crippen molar-refractivity contribution in [3.63, 3.8) is 0 Å². The Morgan fingerprint density at radius 3 is 2.74 bits per heavy atom. The third-order valence-electron chi connectivity index (χ3n) is 5.88. The average molecular weight is 478 g/mol. The largest absolute Gasteiger partial charge is 0.494 e. The molecule has 2 aromatic carbocycles. The molecule has 0 spiro atoms. The second kappa shape index (κ2) is 10.0.